The molecule has 0 saturated heterocycles. The van der Waals surface area contributed by atoms with Crippen LogP contribution in [0.2, 0.25) is 0 Å². The fraction of sp³-hybridized carbons (Fsp3) is 0.889. The van der Waals surface area contributed by atoms with Crippen molar-refractivity contribution in [2.24, 2.45) is 4.99 Å². The number of aliphatic imine (C=N–C) groups is 1. The fourth-order valence-corrected chi connectivity index (χ4v) is 3.30. The Kier molecular flexibility index (Phi) is 16.5. The summed E-state index contributed by atoms with van der Waals surface area (Å²) >= 11 is 0. The first-order chi connectivity index (χ1) is 11.0. The number of unbranched alkanes of at least 4 members (excludes halogenated alkanes) is 8. The molecule has 2 unspecified atom stereocenters. The van der Waals surface area contributed by atoms with Gasteiger partial charge in [-0.3, -0.25) is 4.79 Å². The molecule has 0 aromatic carbocycles. The van der Waals surface area contributed by atoms with Crippen LogP contribution in [-0.2, 0) is 4.79 Å². The van der Waals surface area contributed by atoms with Gasteiger partial charge in [0.2, 0.25) is 5.84 Å². The summed E-state index contributed by atoms with van der Waals surface area (Å²) in [6.45, 7) is 5.14. The maximum absolute atomic E-state index is 10.8. The summed E-state index contributed by atoms with van der Waals surface area (Å²) in [7, 11) is 0. The van der Waals surface area contributed by atoms with Crippen molar-refractivity contribution in [2.75, 3.05) is 13.1 Å². The number of carboxylic acids is 1. The number of hydroxylamine groups is 3. The Morgan fingerprint density at radius 3 is 2.08 bits per heavy atom. The first-order valence-electron chi connectivity index (χ1n) is 9.40. The number of hydrogen-bond acceptors (Lipinski definition) is 4. The molecule has 7 heteroatoms. The Hall–Kier alpha value is 0.0200. The average Bonchev–Trinajstić information content (AvgIpc) is 2.81. The number of nitrogens with zero attached hydrogens (tertiary/aromatic N) is 2. The first kappa shape index (κ1) is 27.2. The third kappa shape index (κ3) is 10.7. The number of amidine groups is 1. The molecule has 0 bridgehead atoms. The van der Waals surface area contributed by atoms with Gasteiger partial charge >= 0.3 is 5.97 Å². The molecule has 1 aliphatic rings. The van der Waals surface area contributed by atoms with Crippen molar-refractivity contribution in [1.82, 2.24) is 0 Å². The second-order valence-corrected chi connectivity index (χ2v) is 6.80. The van der Waals surface area contributed by atoms with Gasteiger partial charge in [-0.1, -0.05) is 58.3 Å². The molecule has 0 amide bonds. The molecular formula is C18H36N2NaO4. The zero-order valence-corrected chi connectivity index (χ0v) is 18.4. The summed E-state index contributed by atoms with van der Waals surface area (Å²) in [5, 5.41) is 19.5. The number of carboxylic acid groups (broad SMARTS) is 1. The van der Waals surface area contributed by atoms with Crippen molar-refractivity contribution in [3.8, 4) is 0 Å². The van der Waals surface area contributed by atoms with Gasteiger partial charge in [0.05, 0.1) is 6.42 Å². The van der Waals surface area contributed by atoms with Crippen LogP contribution in [0, 0.1) is 0 Å². The Bertz CT molecular complexity index is 393. The number of hydrogen-bond donors (Lipinski definition) is 2. The quantitative estimate of drug-likeness (QED) is 0.293. The zero-order chi connectivity index (χ0) is 17.1. The minimum absolute atomic E-state index is 0. The molecule has 143 valence electrons. The minimum atomic E-state index is -0.842. The normalized spacial score (nSPS) is 22.0. The van der Waals surface area contributed by atoms with Crippen molar-refractivity contribution in [1.29, 1.82) is 0 Å². The second kappa shape index (κ2) is 15.1. The zero-order valence-electron chi connectivity index (χ0n) is 16.4. The van der Waals surface area contributed by atoms with E-state index in [1.807, 2.05) is 6.92 Å². The standard InChI is InChI=1S/C18H34N2O3.Na.H2O/c1-3-5-6-7-8-9-10-11-12-13-17-19-16(14-18(21)22)15-20(17,23)4-2;;/h16,23H,3-15H2,1-2H3;;1H2. The Balaban J connectivity index is 0. The van der Waals surface area contributed by atoms with E-state index in [0.29, 0.717) is 13.1 Å². The molecule has 6 nitrogen and oxygen atoms in total. The van der Waals surface area contributed by atoms with E-state index < -0.39 is 5.97 Å². The predicted octanol–water partition coefficient (Wildman–Crippen LogP) is 3.83. The van der Waals surface area contributed by atoms with Crippen LogP contribution in [0.15, 0.2) is 4.99 Å². The molecule has 1 rings (SSSR count). The first-order valence-corrected chi connectivity index (χ1v) is 9.40. The van der Waals surface area contributed by atoms with Crippen LogP contribution < -0.4 is 0 Å². The van der Waals surface area contributed by atoms with E-state index >= 15 is 0 Å². The van der Waals surface area contributed by atoms with Crippen LogP contribution in [0.5, 0.6) is 0 Å². The number of likely N-dealkylation sites (N-methyl/N-ethyl adjacent to an activating group) is 1. The summed E-state index contributed by atoms with van der Waals surface area (Å²) < 4.78 is -0.158. The van der Waals surface area contributed by atoms with Crippen LogP contribution in [-0.4, -0.2) is 80.9 Å². The molecule has 1 aliphatic heterocycles. The molecule has 1 heterocycles. The van der Waals surface area contributed by atoms with Gasteiger partial charge in [-0.2, -0.15) is 0 Å². The molecule has 3 N–H and O–H groups in total. The van der Waals surface area contributed by atoms with Gasteiger partial charge in [0.1, 0.15) is 19.1 Å². The van der Waals surface area contributed by atoms with Crippen molar-refractivity contribution < 1.29 is 25.2 Å². The topological polar surface area (TPSA) is 99.9 Å². The van der Waals surface area contributed by atoms with E-state index in [2.05, 4.69) is 11.9 Å². The van der Waals surface area contributed by atoms with Crippen LogP contribution in [0.4, 0.5) is 0 Å². The molecule has 25 heavy (non-hydrogen) atoms. The third-order valence-corrected chi connectivity index (χ3v) is 4.76. The van der Waals surface area contributed by atoms with E-state index in [4.69, 9.17) is 5.11 Å². The molecular weight excluding hydrogens is 331 g/mol. The number of aliphatic carboxylic acids is 1. The second-order valence-electron chi connectivity index (χ2n) is 6.80. The van der Waals surface area contributed by atoms with Gasteiger partial charge in [0.15, 0.2) is 0 Å². The van der Waals surface area contributed by atoms with Gasteiger partial charge in [-0.05, 0) is 13.3 Å². The Labute approximate surface area is 174 Å². The van der Waals surface area contributed by atoms with Crippen molar-refractivity contribution in [2.45, 2.75) is 90.5 Å². The fourth-order valence-electron chi connectivity index (χ4n) is 3.30. The van der Waals surface area contributed by atoms with Crippen LogP contribution in [0.25, 0.3) is 0 Å². The van der Waals surface area contributed by atoms with E-state index in [1.54, 1.807) is 0 Å². The number of quaternary nitrogens is 1. The molecule has 0 aromatic heterocycles. The van der Waals surface area contributed by atoms with Crippen molar-refractivity contribution in [3.05, 3.63) is 0 Å². The monoisotopic (exact) mass is 367 g/mol. The SMILES string of the molecule is CCCCCCCCCCCC1=NC(CC(=O)O)C[N+]1(O)CC.[Na].[OH-]. The van der Waals surface area contributed by atoms with Crippen LogP contribution >= 0.6 is 0 Å². The minimum Gasteiger partial charge on any atom is -0.870 e. The number of rotatable bonds is 13. The van der Waals surface area contributed by atoms with Gasteiger partial charge in [-0.25, -0.2) is 10.2 Å². The van der Waals surface area contributed by atoms with Crippen LogP contribution in [0.3, 0.4) is 0 Å². The van der Waals surface area contributed by atoms with Crippen molar-refractivity contribution in [3.63, 3.8) is 0 Å². The maximum atomic E-state index is 10.8. The van der Waals surface area contributed by atoms with E-state index in [1.165, 1.54) is 51.4 Å². The Morgan fingerprint density at radius 2 is 1.60 bits per heavy atom. The summed E-state index contributed by atoms with van der Waals surface area (Å²) in [6, 6.07) is -0.272. The third-order valence-electron chi connectivity index (χ3n) is 4.76. The molecule has 0 spiro atoms. The van der Waals surface area contributed by atoms with Crippen LogP contribution in [0.1, 0.15) is 84.5 Å². The maximum Gasteiger partial charge on any atom is 0.305 e. The molecule has 2 atom stereocenters. The summed E-state index contributed by atoms with van der Waals surface area (Å²) in [4.78, 5) is 15.3. The van der Waals surface area contributed by atoms with Gasteiger partial charge < -0.3 is 10.6 Å². The molecule has 1 radical (unpaired) electrons. The smallest absolute Gasteiger partial charge is 0.305 e. The summed E-state index contributed by atoms with van der Waals surface area (Å²) in [6.07, 6.45) is 12.2. The summed E-state index contributed by atoms with van der Waals surface area (Å²) in [5.74, 6) is -0.0626. The number of carbonyl (C=O) groups is 1. The van der Waals surface area contributed by atoms with E-state index in [0.717, 1.165) is 18.7 Å². The molecule has 0 aromatic rings. The predicted molar refractivity (Wildman–Crippen MR) is 100 cm³/mol. The summed E-state index contributed by atoms with van der Waals surface area (Å²) in [5.41, 5.74) is 0. The average molecular weight is 367 g/mol. The molecule has 0 aliphatic carbocycles. The van der Waals surface area contributed by atoms with E-state index in [9.17, 15) is 10.0 Å². The van der Waals surface area contributed by atoms with E-state index in [-0.39, 0.29) is 52.1 Å². The van der Waals surface area contributed by atoms with Gasteiger partial charge in [-0.15, -0.1) is 4.65 Å². The Morgan fingerprint density at radius 1 is 1.08 bits per heavy atom. The van der Waals surface area contributed by atoms with Gasteiger partial charge in [0, 0.05) is 36.0 Å². The molecule has 0 fully saturated rings. The largest absolute Gasteiger partial charge is 0.870 e. The molecule has 0 saturated carbocycles. The van der Waals surface area contributed by atoms with Gasteiger partial charge in [0.25, 0.3) is 0 Å². The van der Waals surface area contributed by atoms with Crippen molar-refractivity contribution >= 4 is 41.4 Å².